The summed E-state index contributed by atoms with van der Waals surface area (Å²) < 4.78 is 18.6. The second kappa shape index (κ2) is 7.76. The molecule has 2 amide bonds. The fourth-order valence-electron chi connectivity index (χ4n) is 1.89. The van der Waals surface area contributed by atoms with E-state index in [1.165, 1.54) is 37.3 Å². The van der Waals surface area contributed by atoms with E-state index in [1.54, 1.807) is 0 Å². The summed E-state index contributed by atoms with van der Waals surface area (Å²) in [6.45, 7) is 1.34. The van der Waals surface area contributed by atoms with Gasteiger partial charge in [-0.05, 0) is 49.4 Å². The summed E-state index contributed by atoms with van der Waals surface area (Å²) in [6.07, 6.45) is -1.18. The molecule has 0 radical (unpaired) electrons. The Kier molecular flexibility index (Phi) is 5.71. The first-order chi connectivity index (χ1) is 11.8. The molecule has 0 aromatic heterocycles. The van der Waals surface area contributed by atoms with Crippen LogP contribution in [0.25, 0.3) is 0 Å². The summed E-state index contributed by atoms with van der Waals surface area (Å²) in [6, 6.07) is 9.27. The molecule has 1 atom stereocenters. The summed E-state index contributed by atoms with van der Waals surface area (Å²) in [5, 5.41) is 2.67. The zero-order chi connectivity index (χ0) is 18.6. The fraction of sp³-hybridized carbons (Fsp3) is 0.118. The molecule has 6 nitrogen and oxygen atoms in total. The Hall–Kier alpha value is -2.93. The average molecular weight is 365 g/mol. The molecule has 25 heavy (non-hydrogen) atoms. The van der Waals surface area contributed by atoms with Crippen LogP contribution in [0, 0.1) is 5.82 Å². The number of nitrogens with one attached hydrogen (secondary N) is 1. The van der Waals surface area contributed by atoms with Gasteiger partial charge < -0.3 is 15.8 Å². The third-order valence-electron chi connectivity index (χ3n) is 3.24. The van der Waals surface area contributed by atoms with Gasteiger partial charge in [-0.2, -0.15) is 0 Å². The molecule has 0 bridgehead atoms. The van der Waals surface area contributed by atoms with E-state index in [0.717, 1.165) is 12.1 Å². The smallest absolute Gasteiger partial charge is 0.341 e. The van der Waals surface area contributed by atoms with Crippen molar-refractivity contribution in [2.75, 3.05) is 5.32 Å². The summed E-state index contributed by atoms with van der Waals surface area (Å²) in [5.74, 6) is -3.03. The topological polar surface area (TPSA) is 98.5 Å². The van der Waals surface area contributed by atoms with E-state index >= 15 is 0 Å². The summed E-state index contributed by atoms with van der Waals surface area (Å²) in [7, 11) is 0. The van der Waals surface area contributed by atoms with Gasteiger partial charge in [0.05, 0.1) is 5.56 Å². The lowest BCUT2D eigenvalue weighted by Gasteiger charge is -2.14. The number of carbonyl (C=O) groups is 3. The van der Waals surface area contributed by atoms with E-state index < -0.39 is 29.7 Å². The van der Waals surface area contributed by atoms with Gasteiger partial charge in [0, 0.05) is 16.3 Å². The summed E-state index contributed by atoms with van der Waals surface area (Å²) in [4.78, 5) is 35.0. The van der Waals surface area contributed by atoms with Crippen LogP contribution in [0.15, 0.2) is 42.5 Å². The molecular formula is C17H14ClFN2O4. The average Bonchev–Trinajstić information content (AvgIpc) is 2.57. The first-order valence-corrected chi connectivity index (χ1v) is 7.52. The molecule has 0 spiro atoms. The number of amides is 2. The number of primary amides is 1. The first-order valence-electron chi connectivity index (χ1n) is 7.14. The maximum atomic E-state index is 13.6. The Bertz CT molecular complexity index is 824. The molecular weight excluding hydrogens is 351 g/mol. The van der Waals surface area contributed by atoms with Crippen molar-refractivity contribution in [3.05, 3.63) is 64.4 Å². The largest absolute Gasteiger partial charge is 0.449 e. The highest BCUT2D eigenvalue weighted by molar-refractivity contribution is 6.30. The molecule has 2 aromatic carbocycles. The zero-order valence-corrected chi connectivity index (χ0v) is 13.8. The molecule has 3 N–H and O–H groups in total. The van der Waals surface area contributed by atoms with E-state index in [9.17, 15) is 18.8 Å². The van der Waals surface area contributed by atoms with Crippen LogP contribution in [-0.2, 0) is 9.53 Å². The standard InChI is InChI=1S/C17H14ClFN2O4/c1-9(25-17(24)13-8-11(18)4-7-14(13)19)16(23)21-12-5-2-10(3-6-12)15(20)22/h2-9H,1H3,(H2,20,22)(H,21,23)/t9-/m0/s1. The number of nitrogens with two attached hydrogens (primary N) is 1. The molecule has 0 saturated heterocycles. The molecule has 0 aliphatic rings. The van der Waals surface area contributed by atoms with Crippen LogP contribution >= 0.6 is 11.6 Å². The van der Waals surface area contributed by atoms with Crippen LogP contribution in [-0.4, -0.2) is 23.9 Å². The maximum absolute atomic E-state index is 13.6. The van der Waals surface area contributed by atoms with Gasteiger partial charge in [-0.25, -0.2) is 9.18 Å². The quantitative estimate of drug-likeness (QED) is 0.797. The van der Waals surface area contributed by atoms with E-state index in [2.05, 4.69) is 5.32 Å². The van der Waals surface area contributed by atoms with E-state index in [1.807, 2.05) is 0 Å². The van der Waals surface area contributed by atoms with E-state index in [4.69, 9.17) is 22.1 Å². The van der Waals surface area contributed by atoms with Gasteiger partial charge >= 0.3 is 5.97 Å². The summed E-state index contributed by atoms with van der Waals surface area (Å²) >= 11 is 5.72. The number of hydrogen-bond donors (Lipinski definition) is 2. The van der Waals surface area contributed by atoms with E-state index in [-0.39, 0.29) is 16.1 Å². The predicted molar refractivity (Wildman–Crippen MR) is 89.9 cm³/mol. The SMILES string of the molecule is C[C@H](OC(=O)c1cc(Cl)ccc1F)C(=O)Nc1ccc(C(N)=O)cc1. The molecule has 130 valence electrons. The fourth-order valence-corrected chi connectivity index (χ4v) is 2.07. The number of carbonyl (C=O) groups excluding carboxylic acids is 3. The third kappa shape index (κ3) is 4.77. The minimum absolute atomic E-state index is 0.167. The minimum Gasteiger partial charge on any atom is -0.449 e. The molecule has 0 heterocycles. The van der Waals surface area contributed by atoms with Crippen molar-refractivity contribution in [3.63, 3.8) is 0 Å². The monoisotopic (exact) mass is 364 g/mol. The van der Waals surface area contributed by atoms with Crippen molar-refractivity contribution in [1.82, 2.24) is 0 Å². The Morgan fingerprint density at radius 1 is 1.16 bits per heavy atom. The van der Waals surface area contributed by atoms with Crippen LogP contribution in [0.2, 0.25) is 5.02 Å². The highest BCUT2D eigenvalue weighted by atomic mass is 35.5. The lowest BCUT2D eigenvalue weighted by atomic mass is 10.2. The van der Waals surface area contributed by atoms with Crippen LogP contribution in [0.1, 0.15) is 27.6 Å². The molecule has 0 unspecified atom stereocenters. The molecule has 8 heteroatoms. The van der Waals surface area contributed by atoms with Crippen molar-refractivity contribution < 1.29 is 23.5 Å². The number of esters is 1. The van der Waals surface area contributed by atoms with Gasteiger partial charge in [0.2, 0.25) is 5.91 Å². The molecule has 2 aromatic rings. The van der Waals surface area contributed by atoms with Crippen molar-refractivity contribution in [1.29, 1.82) is 0 Å². The lowest BCUT2D eigenvalue weighted by Crippen LogP contribution is -2.30. The zero-order valence-electron chi connectivity index (χ0n) is 13.1. The van der Waals surface area contributed by atoms with Crippen molar-refractivity contribution in [3.8, 4) is 0 Å². The second-order valence-electron chi connectivity index (χ2n) is 5.10. The summed E-state index contributed by atoms with van der Waals surface area (Å²) in [5.41, 5.74) is 5.43. The van der Waals surface area contributed by atoms with Gasteiger partial charge in [-0.15, -0.1) is 0 Å². The minimum atomic E-state index is -1.18. The van der Waals surface area contributed by atoms with Gasteiger partial charge in [-0.3, -0.25) is 9.59 Å². The van der Waals surface area contributed by atoms with Gasteiger partial charge in [0.1, 0.15) is 5.82 Å². The molecule has 0 aliphatic heterocycles. The first kappa shape index (κ1) is 18.4. The van der Waals surface area contributed by atoms with Crippen molar-refractivity contribution in [2.45, 2.75) is 13.0 Å². The lowest BCUT2D eigenvalue weighted by molar-refractivity contribution is -0.123. The maximum Gasteiger partial charge on any atom is 0.341 e. The normalized spacial score (nSPS) is 11.5. The van der Waals surface area contributed by atoms with Gasteiger partial charge in [0.25, 0.3) is 5.91 Å². The molecule has 0 fully saturated rings. The number of ether oxygens (including phenoxy) is 1. The third-order valence-corrected chi connectivity index (χ3v) is 3.47. The van der Waals surface area contributed by atoms with Crippen molar-refractivity contribution in [2.24, 2.45) is 5.73 Å². The molecule has 0 aliphatic carbocycles. The highest BCUT2D eigenvalue weighted by Gasteiger charge is 2.21. The van der Waals surface area contributed by atoms with Crippen LogP contribution in [0.4, 0.5) is 10.1 Å². The number of rotatable bonds is 5. The Labute approximate surface area is 147 Å². The molecule has 2 rings (SSSR count). The van der Waals surface area contributed by atoms with E-state index in [0.29, 0.717) is 5.69 Å². The van der Waals surface area contributed by atoms with Crippen LogP contribution in [0.3, 0.4) is 0 Å². The highest BCUT2D eigenvalue weighted by Crippen LogP contribution is 2.17. The molecule has 0 saturated carbocycles. The number of benzene rings is 2. The number of anilines is 1. The second-order valence-corrected chi connectivity index (χ2v) is 5.54. The van der Waals surface area contributed by atoms with Gasteiger partial charge in [0.15, 0.2) is 6.10 Å². The van der Waals surface area contributed by atoms with Gasteiger partial charge in [-0.1, -0.05) is 11.6 Å². The Morgan fingerprint density at radius 2 is 1.80 bits per heavy atom. The number of hydrogen-bond acceptors (Lipinski definition) is 4. The van der Waals surface area contributed by atoms with Crippen molar-refractivity contribution >= 4 is 35.1 Å². The predicted octanol–water partition coefficient (Wildman–Crippen LogP) is 2.76. The Balaban J connectivity index is 2.01. The number of halogens is 2. The van der Waals surface area contributed by atoms with Crippen LogP contribution < -0.4 is 11.1 Å². The van der Waals surface area contributed by atoms with Crippen LogP contribution in [0.5, 0.6) is 0 Å². The Morgan fingerprint density at radius 3 is 2.40 bits per heavy atom.